The SMILES string of the molecule is COc1cc(NC(=O)CCN(C)C2CCC(OC(=O)C(O)(c3cccs3)c3cccs3)CC2)c(Cl)cc1CCNC[C@@H](O[Si](C)(C)C(C)(C)C)c1ccc(O)c2[nH]c(=O)ccc12. The first-order valence-electron chi connectivity index (χ1n) is 21.0. The molecule has 0 radical (unpaired) electrons. The number of phenols is 1. The number of carbonyl (C=O) groups excluding carboxylic acids is 2. The number of pyridine rings is 1. The fourth-order valence-corrected chi connectivity index (χ4v) is 10.8. The maximum atomic E-state index is 13.4. The predicted octanol–water partition coefficient (Wildman–Crippen LogP) is 8.96. The van der Waals surface area contributed by atoms with Crippen molar-refractivity contribution >= 4 is 71.1 Å². The van der Waals surface area contributed by atoms with Gasteiger partial charge in [0, 0.05) is 43.1 Å². The molecule has 1 fully saturated rings. The number of benzene rings is 2. The molecule has 62 heavy (non-hydrogen) atoms. The summed E-state index contributed by atoms with van der Waals surface area (Å²) in [6.07, 6.45) is 3.12. The third-order valence-electron chi connectivity index (χ3n) is 12.3. The number of amides is 1. The highest BCUT2D eigenvalue weighted by atomic mass is 35.5. The van der Waals surface area contributed by atoms with Gasteiger partial charge in [0.2, 0.25) is 17.1 Å². The number of anilines is 1. The largest absolute Gasteiger partial charge is 0.506 e. The number of hydrogen-bond acceptors (Lipinski definition) is 12. The molecule has 6 rings (SSSR count). The molecule has 12 nitrogen and oxygen atoms in total. The van der Waals surface area contributed by atoms with Crippen LogP contribution in [0.4, 0.5) is 5.69 Å². The minimum absolute atomic E-state index is 0.00349. The predicted molar refractivity (Wildman–Crippen MR) is 251 cm³/mol. The third-order valence-corrected chi connectivity index (χ3v) is 19.1. The summed E-state index contributed by atoms with van der Waals surface area (Å²) < 4.78 is 18.6. The van der Waals surface area contributed by atoms with E-state index in [0.29, 0.717) is 70.6 Å². The van der Waals surface area contributed by atoms with Crippen LogP contribution >= 0.6 is 34.3 Å². The Morgan fingerprint density at radius 3 is 2.31 bits per heavy atom. The Morgan fingerprint density at radius 1 is 1.02 bits per heavy atom. The molecule has 0 saturated heterocycles. The minimum Gasteiger partial charge on any atom is -0.506 e. The number of thiophene rings is 2. The van der Waals surface area contributed by atoms with Gasteiger partial charge in [-0.05, 0) is 116 Å². The van der Waals surface area contributed by atoms with Crippen LogP contribution in [0.3, 0.4) is 0 Å². The van der Waals surface area contributed by atoms with Gasteiger partial charge in [-0.2, -0.15) is 0 Å². The molecule has 0 aliphatic heterocycles. The first-order chi connectivity index (χ1) is 29.4. The van der Waals surface area contributed by atoms with Gasteiger partial charge in [-0.25, -0.2) is 4.79 Å². The summed E-state index contributed by atoms with van der Waals surface area (Å²) in [5.41, 5.74) is 0.490. The van der Waals surface area contributed by atoms with Gasteiger partial charge in [0.15, 0.2) is 8.32 Å². The van der Waals surface area contributed by atoms with Crippen molar-refractivity contribution in [2.24, 2.45) is 0 Å². The van der Waals surface area contributed by atoms with Crippen LogP contribution in [0.5, 0.6) is 11.5 Å². The molecule has 0 bridgehead atoms. The number of phenolic OH excluding ortho intramolecular Hbond substituents is 1. The summed E-state index contributed by atoms with van der Waals surface area (Å²) in [7, 11) is 1.35. The fourth-order valence-electron chi connectivity index (χ4n) is 7.62. The molecule has 2 aromatic carbocycles. The normalized spacial score (nSPS) is 16.7. The van der Waals surface area contributed by atoms with Crippen molar-refractivity contribution in [1.29, 1.82) is 0 Å². The van der Waals surface area contributed by atoms with E-state index in [4.69, 9.17) is 25.5 Å². The average Bonchev–Trinajstić information content (AvgIpc) is 3.99. The second-order valence-electron chi connectivity index (χ2n) is 17.5. The molecule has 3 heterocycles. The summed E-state index contributed by atoms with van der Waals surface area (Å²) >= 11 is 9.40. The van der Waals surface area contributed by atoms with Crippen LogP contribution < -0.4 is 20.9 Å². The highest BCUT2D eigenvalue weighted by molar-refractivity contribution is 7.12. The number of aromatic nitrogens is 1. The summed E-state index contributed by atoms with van der Waals surface area (Å²) in [5.74, 6) is -0.205. The van der Waals surface area contributed by atoms with Crippen molar-refractivity contribution in [1.82, 2.24) is 15.2 Å². The van der Waals surface area contributed by atoms with E-state index in [1.165, 1.54) is 28.7 Å². The summed E-state index contributed by atoms with van der Waals surface area (Å²) in [4.78, 5) is 44.8. The zero-order valence-corrected chi connectivity index (χ0v) is 39.9. The molecule has 3 aromatic heterocycles. The van der Waals surface area contributed by atoms with Crippen molar-refractivity contribution in [2.75, 3.05) is 39.1 Å². The number of nitrogens with zero attached hydrogens (tertiary/aromatic N) is 1. The van der Waals surface area contributed by atoms with Crippen LogP contribution in [-0.2, 0) is 30.8 Å². The number of methoxy groups -OCH3 is 1. The Labute approximate surface area is 377 Å². The monoisotopic (exact) mass is 922 g/mol. The van der Waals surface area contributed by atoms with Crippen molar-refractivity contribution in [3.8, 4) is 11.5 Å². The first kappa shape index (κ1) is 47.4. The zero-order chi connectivity index (χ0) is 44.8. The Hall–Kier alpha value is -4.06. The average molecular weight is 924 g/mol. The third kappa shape index (κ3) is 11.0. The molecule has 5 aromatic rings. The van der Waals surface area contributed by atoms with Gasteiger partial charge in [0.1, 0.15) is 17.6 Å². The number of halogens is 1. The number of nitrogens with one attached hydrogen (secondary N) is 3. The zero-order valence-electron chi connectivity index (χ0n) is 36.5. The lowest BCUT2D eigenvalue weighted by Crippen LogP contribution is -2.43. The lowest BCUT2D eigenvalue weighted by atomic mass is 9.91. The topological polar surface area (TPSA) is 162 Å². The summed E-state index contributed by atoms with van der Waals surface area (Å²) in [5, 5.41) is 33.4. The molecule has 16 heteroatoms. The van der Waals surface area contributed by atoms with Gasteiger partial charge in [-0.1, -0.05) is 50.6 Å². The molecular weight excluding hydrogens is 864 g/mol. The summed E-state index contributed by atoms with van der Waals surface area (Å²) in [6, 6.07) is 17.6. The molecule has 0 spiro atoms. The molecule has 1 aliphatic carbocycles. The lowest BCUT2D eigenvalue weighted by Gasteiger charge is -2.39. The molecule has 1 amide bonds. The van der Waals surface area contributed by atoms with E-state index in [1.54, 1.807) is 37.4 Å². The molecule has 334 valence electrons. The number of fused-ring (bicyclic) bond motifs is 1. The number of aliphatic hydroxyl groups is 1. The highest BCUT2D eigenvalue weighted by Gasteiger charge is 2.45. The van der Waals surface area contributed by atoms with Gasteiger partial charge >= 0.3 is 5.97 Å². The highest BCUT2D eigenvalue weighted by Crippen LogP contribution is 2.42. The van der Waals surface area contributed by atoms with Crippen molar-refractivity contribution in [3.63, 3.8) is 0 Å². The van der Waals surface area contributed by atoms with E-state index < -0.39 is 19.9 Å². The minimum atomic E-state index is -2.25. The van der Waals surface area contributed by atoms with E-state index in [-0.39, 0.29) is 46.9 Å². The fraction of sp³-hybridized carbons (Fsp3) is 0.457. The number of aromatic amines is 1. The number of aromatic hydroxyl groups is 1. The number of ether oxygens (including phenoxy) is 2. The lowest BCUT2D eigenvalue weighted by molar-refractivity contribution is -0.169. The Kier molecular flexibility index (Phi) is 15.4. The van der Waals surface area contributed by atoms with E-state index in [0.717, 1.165) is 29.4 Å². The van der Waals surface area contributed by atoms with E-state index in [9.17, 15) is 24.6 Å². The van der Waals surface area contributed by atoms with Gasteiger partial charge in [-0.3, -0.25) is 9.59 Å². The smallest absolute Gasteiger partial charge is 0.349 e. The van der Waals surface area contributed by atoms with E-state index in [2.05, 4.69) is 54.4 Å². The number of hydrogen-bond donors (Lipinski definition) is 5. The number of rotatable bonds is 18. The van der Waals surface area contributed by atoms with Gasteiger partial charge in [0.25, 0.3) is 0 Å². The Bertz CT molecular complexity index is 2320. The van der Waals surface area contributed by atoms with Crippen LogP contribution in [0.15, 0.2) is 76.2 Å². The quantitative estimate of drug-likeness (QED) is 0.0326. The summed E-state index contributed by atoms with van der Waals surface area (Å²) in [6.45, 7) is 12.6. The van der Waals surface area contributed by atoms with Gasteiger partial charge in [0.05, 0.1) is 39.2 Å². The molecule has 0 unspecified atom stereocenters. The van der Waals surface area contributed by atoms with Crippen molar-refractivity contribution in [2.45, 2.75) is 101 Å². The maximum absolute atomic E-state index is 13.4. The van der Waals surface area contributed by atoms with Crippen LogP contribution in [0, 0.1) is 0 Å². The van der Waals surface area contributed by atoms with Crippen molar-refractivity contribution < 1.29 is 33.7 Å². The van der Waals surface area contributed by atoms with Crippen LogP contribution in [0.1, 0.15) is 79.9 Å². The van der Waals surface area contributed by atoms with Gasteiger partial charge < -0.3 is 44.6 Å². The first-order valence-corrected chi connectivity index (χ1v) is 26.1. The van der Waals surface area contributed by atoms with Crippen LogP contribution in [0.2, 0.25) is 23.2 Å². The molecule has 1 aliphatic rings. The molecule has 5 N–H and O–H groups in total. The maximum Gasteiger partial charge on any atom is 0.349 e. The van der Waals surface area contributed by atoms with Crippen molar-refractivity contribution in [3.05, 3.63) is 108 Å². The van der Waals surface area contributed by atoms with Gasteiger partial charge in [-0.15, -0.1) is 22.7 Å². The Morgan fingerprint density at radius 2 is 1.69 bits per heavy atom. The van der Waals surface area contributed by atoms with Crippen LogP contribution in [-0.4, -0.2) is 86.2 Å². The standard InChI is InChI=1S/C46H59ClN4O8S2Si/c1-45(2,3)62(6,7)59-38(32-16-18-36(52)43-33(32)17-19-41(53)50-43)28-48-22-20-29-26-34(47)35(27-37(29)57-5)49-42(54)21-23-51(4)30-12-14-31(15-13-30)58-44(55)46(56,39-10-8-24-60-39)40-11-9-25-61-40/h8-11,16-19,24-27,30-31,38,48,52,56H,12-15,20-23,28H2,1-7H3,(H,49,54)(H,50,53)/t30?,31?,38-/m1/s1. The number of carbonyl (C=O) groups is 2. The molecule has 1 atom stereocenters. The number of esters is 1. The molecular formula is C46H59ClN4O8S2Si. The second-order valence-corrected chi connectivity index (χ2v) is 24.6. The second kappa shape index (κ2) is 20.2. The Balaban J connectivity index is 0.999. The number of H-pyrrole nitrogens is 1. The van der Waals surface area contributed by atoms with E-state index >= 15 is 0 Å². The van der Waals surface area contributed by atoms with E-state index in [1.807, 2.05) is 42.1 Å². The molecule has 1 saturated carbocycles. The van der Waals surface area contributed by atoms with Crippen LogP contribution in [0.25, 0.3) is 10.9 Å².